The maximum Gasteiger partial charge on any atom is 0.0204 e. The largest absolute Gasteiger partial charge is 0.102 e. The third kappa shape index (κ3) is 1.98. The highest BCUT2D eigenvalue weighted by molar-refractivity contribution is 9.10. The summed E-state index contributed by atoms with van der Waals surface area (Å²) in [6, 6.07) is 6.41. The first-order valence-corrected chi connectivity index (χ1v) is 4.83. The fourth-order valence-corrected chi connectivity index (χ4v) is 1.33. The van der Waals surface area contributed by atoms with Gasteiger partial charge in [0.05, 0.1) is 0 Å². The molecule has 1 heteroatoms. The van der Waals surface area contributed by atoms with Gasteiger partial charge in [0.2, 0.25) is 0 Å². The highest BCUT2D eigenvalue weighted by Crippen LogP contribution is 2.22. The van der Waals surface area contributed by atoms with E-state index in [0.717, 1.165) is 0 Å². The van der Waals surface area contributed by atoms with Crippen LogP contribution in [0.2, 0.25) is 0 Å². The van der Waals surface area contributed by atoms with Gasteiger partial charge in [0.25, 0.3) is 0 Å². The summed E-state index contributed by atoms with van der Waals surface area (Å²) in [5.74, 6) is 0.441. The summed E-state index contributed by atoms with van der Waals surface area (Å²) in [7, 11) is 0. The van der Waals surface area contributed by atoms with Crippen LogP contribution in [-0.2, 0) is 0 Å². The van der Waals surface area contributed by atoms with Crippen LogP contribution in [0.5, 0.6) is 0 Å². The van der Waals surface area contributed by atoms with Gasteiger partial charge in [-0.2, -0.15) is 0 Å². The molecule has 12 heavy (non-hydrogen) atoms. The summed E-state index contributed by atoms with van der Waals surface area (Å²) in [4.78, 5) is 0. The van der Waals surface area contributed by atoms with Gasteiger partial charge in [0.1, 0.15) is 0 Å². The van der Waals surface area contributed by atoms with E-state index >= 15 is 0 Å². The zero-order valence-corrected chi connectivity index (χ0v) is 9.06. The molecule has 0 aromatic heterocycles. The van der Waals surface area contributed by atoms with Gasteiger partial charge in [0, 0.05) is 4.47 Å². The van der Waals surface area contributed by atoms with Crippen molar-refractivity contribution in [1.82, 2.24) is 0 Å². The zero-order chi connectivity index (χ0) is 9.14. The Hall–Kier alpha value is -0.560. The van der Waals surface area contributed by atoms with Crippen molar-refractivity contribution in [3.8, 4) is 0 Å². The molecule has 0 nitrogen and oxygen atoms in total. The SMILES string of the molecule is C=CC(C)c1ccc(Br)c(C)c1. The molecule has 1 unspecified atom stereocenters. The lowest BCUT2D eigenvalue weighted by atomic mass is 10.00. The second-order valence-corrected chi connectivity index (χ2v) is 3.89. The molecule has 0 saturated carbocycles. The summed E-state index contributed by atoms with van der Waals surface area (Å²) in [6.07, 6.45) is 1.96. The third-order valence-corrected chi connectivity index (χ3v) is 2.95. The second-order valence-electron chi connectivity index (χ2n) is 3.03. The highest BCUT2D eigenvalue weighted by Gasteiger charge is 2.01. The summed E-state index contributed by atoms with van der Waals surface area (Å²) < 4.78 is 1.17. The van der Waals surface area contributed by atoms with E-state index in [1.807, 2.05) is 6.08 Å². The molecular weight excluding hydrogens is 212 g/mol. The zero-order valence-electron chi connectivity index (χ0n) is 7.47. The van der Waals surface area contributed by atoms with Crippen LogP contribution in [0.15, 0.2) is 35.3 Å². The number of aryl methyl sites for hydroxylation is 1. The van der Waals surface area contributed by atoms with Crippen molar-refractivity contribution >= 4 is 15.9 Å². The van der Waals surface area contributed by atoms with Gasteiger partial charge in [-0.15, -0.1) is 6.58 Å². The molecule has 0 saturated heterocycles. The molecule has 0 spiro atoms. The monoisotopic (exact) mass is 224 g/mol. The summed E-state index contributed by atoms with van der Waals surface area (Å²) in [5.41, 5.74) is 2.60. The minimum atomic E-state index is 0.441. The van der Waals surface area contributed by atoms with Crippen LogP contribution in [0.4, 0.5) is 0 Å². The molecule has 64 valence electrons. The van der Waals surface area contributed by atoms with E-state index in [2.05, 4.69) is 54.6 Å². The number of hydrogen-bond donors (Lipinski definition) is 0. The van der Waals surface area contributed by atoms with E-state index in [1.165, 1.54) is 15.6 Å². The van der Waals surface area contributed by atoms with Crippen LogP contribution >= 0.6 is 15.9 Å². The molecule has 0 radical (unpaired) electrons. The molecule has 0 N–H and O–H groups in total. The smallest absolute Gasteiger partial charge is 0.0204 e. The molecule has 0 heterocycles. The highest BCUT2D eigenvalue weighted by atomic mass is 79.9. The fourth-order valence-electron chi connectivity index (χ4n) is 1.09. The number of rotatable bonds is 2. The first-order chi connectivity index (χ1) is 5.65. The van der Waals surface area contributed by atoms with Crippen molar-refractivity contribution in [2.75, 3.05) is 0 Å². The second kappa shape index (κ2) is 3.90. The Labute approximate surface area is 82.4 Å². The summed E-state index contributed by atoms with van der Waals surface area (Å²) in [5, 5.41) is 0. The lowest BCUT2D eigenvalue weighted by molar-refractivity contribution is 0.967. The van der Waals surface area contributed by atoms with E-state index in [-0.39, 0.29) is 0 Å². The maximum atomic E-state index is 3.78. The topological polar surface area (TPSA) is 0 Å². The van der Waals surface area contributed by atoms with E-state index in [4.69, 9.17) is 0 Å². The molecule has 1 aromatic carbocycles. The lowest BCUT2D eigenvalue weighted by Crippen LogP contribution is -1.89. The molecule has 0 fully saturated rings. The minimum absolute atomic E-state index is 0.441. The molecule has 1 aromatic rings. The average Bonchev–Trinajstić information content (AvgIpc) is 2.08. The number of halogens is 1. The first kappa shape index (κ1) is 9.53. The number of benzene rings is 1. The standard InChI is InChI=1S/C11H13Br/c1-4-8(2)10-5-6-11(12)9(3)7-10/h4-8H,1H2,2-3H3. The Morgan fingerprint density at radius 2 is 2.17 bits per heavy atom. The molecule has 0 aliphatic carbocycles. The minimum Gasteiger partial charge on any atom is -0.102 e. The van der Waals surface area contributed by atoms with E-state index in [1.54, 1.807) is 0 Å². The van der Waals surface area contributed by atoms with Crippen LogP contribution < -0.4 is 0 Å². The fraction of sp³-hybridized carbons (Fsp3) is 0.273. The van der Waals surface area contributed by atoms with Crippen LogP contribution in [0.3, 0.4) is 0 Å². The first-order valence-electron chi connectivity index (χ1n) is 4.03. The van der Waals surface area contributed by atoms with Crippen molar-refractivity contribution in [3.05, 3.63) is 46.5 Å². The van der Waals surface area contributed by atoms with Gasteiger partial charge >= 0.3 is 0 Å². The number of allylic oxidation sites excluding steroid dienone is 1. The lowest BCUT2D eigenvalue weighted by Gasteiger charge is -2.07. The Bertz CT molecular complexity index is 289. The number of hydrogen-bond acceptors (Lipinski definition) is 0. The van der Waals surface area contributed by atoms with Crippen LogP contribution in [0.1, 0.15) is 24.0 Å². The van der Waals surface area contributed by atoms with Crippen molar-refractivity contribution in [2.24, 2.45) is 0 Å². The van der Waals surface area contributed by atoms with Gasteiger partial charge in [-0.25, -0.2) is 0 Å². The van der Waals surface area contributed by atoms with Gasteiger partial charge in [0.15, 0.2) is 0 Å². The summed E-state index contributed by atoms with van der Waals surface area (Å²) >= 11 is 3.47. The van der Waals surface area contributed by atoms with Gasteiger partial charge in [-0.05, 0) is 30.0 Å². The van der Waals surface area contributed by atoms with Crippen molar-refractivity contribution in [3.63, 3.8) is 0 Å². The molecule has 0 aliphatic rings. The van der Waals surface area contributed by atoms with Crippen LogP contribution in [0.25, 0.3) is 0 Å². The molecule has 1 atom stereocenters. The average molecular weight is 225 g/mol. The third-order valence-electron chi connectivity index (χ3n) is 2.06. The van der Waals surface area contributed by atoms with Gasteiger partial charge in [-0.3, -0.25) is 0 Å². The quantitative estimate of drug-likeness (QED) is 0.666. The predicted octanol–water partition coefficient (Wildman–Crippen LogP) is 4.05. The Kier molecular flexibility index (Phi) is 3.10. The molecule has 1 rings (SSSR count). The Morgan fingerprint density at radius 1 is 1.50 bits per heavy atom. The summed E-state index contributed by atoms with van der Waals surface area (Å²) in [6.45, 7) is 8.03. The molecule has 0 aliphatic heterocycles. The van der Waals surface area contributed by atoms with Crippen LogP contribution in [-0.4, -0.2) is 0 Å². The van der Waals surface area contributed by atoms with Crippen molar-refractivity contribution in [1.29, 1.82) is 0 Å². The van der Waals surface area contributed by atoms with Gasteiger partial charge < -0.3 is 0 Å². The van der Waals surface area contributed by atoms with E-state index in [9.17, 15) is 0 Å². The van der Waals surface area contributed by atoms with Crippen molar-refractivity contribution < 1.29 is 0 Å². The van der Waals surface area contributed by atoms with E-state index in [0.29, 0.717) is 5.92 Å². The molecular formula is C11H13Br. The maximum absolute atomic E-state index is 3.78. The Morgan fingerprint density at radius 3 is 2.67 bits per heavy atom. The predicted molar refractivity (Wildman–Crippen MR) is 57.5 cm³/mol. The van der Waals surface area contributed by atoms with E-state index < -0.39 is 0 Å². The van der Waals surface area contributed by atoms with Crippen LogP contribution in [0, 0.1) is 6.92 Å². The normalized spacial score (nSPS) is 12.6. The molecule has 0 bridgehead atoms. The van der Waals surface area contributed by atoms with Crippen molar-refractivity contribution in [2.45, 2.75) is 19.8 Å². The van der Waals surface area contributed by atoms with Gasteiger partial charge in [-0.1, -0.05) is 41.1 Å². The molecule has 0 amide bonds. The Balaban J connectivity index is 3.04.